The first kappa shape index (κ1) is 36.4. The summed E-state index contributed by atoms with van der Waals surface area (Å²) in [4.78, 5) is 13.9. The number of nitrogens with zero attached hydrogens (tertiary/aromatic N) is 1. The summed E-state index contributed by atoms with van der Waals surface area (Å²) >= 11 is 3.49. The Morgan fingerprint density at radius 3 is 2.54 bits per heavy atom. The maximum absolute atomic E-state index is 16.3. The number of halogens is 2. The smallest absolute Gasteiger partial charge is 0.254 e. The van der Waals surface area contributed by atoms with Crippen molar-refractivity contribution in [1.29, 1.82) is 0 Å². The van der Waals surface area contributed by atoms with E-state index in [2.05, 4.69) is 31.9 Å². The minimum atomic E-state index is -3.27. The maximum Gasteiger partial charge on any atom is 0.254 e. The molecular weight excluding hydrogens is 703 g/mol. The number of aliphatic hydroxyl groups excluding tert-OH is 2. The molecule has 5 rings (SSSR count). The van der Waals surface area contributed by atoms with Gasteiger partial charge in [-0.1, -0.05) is 46.3 Å². The average molecular weight is 750 g/mol. The van der Waals surface area contributed by atoms with Crippen LogP contribution in [-0.4, -0.2) is 74.0 Å². The van der Waals surface area contributed by atoms with E-state index < -0.39 is 52.4 Å². The Morgan fingerprint density at radius 2 is 1.85 bits per heavy atom. The fourth-order valence-corrected chi connectivity index (χ4v) is 8.30. The molecule has 2 aliphatic rings. The lowest BCUT2D eigenvalue weighted by atomic mass is 9.86. The average Bonchev–Trinajstić information content (AvgIpc) is 3.02. The number of hydrogen-bond acceptors (Lipinski definition) is 9. The molecule has 0 aromatic heterocycles. The zero-order valence-corrected chi connectivity index (χ0v) is 30.0. The van der Waals surface area contributed by atoms with Crippen molar-refractivity contribution in [1.82, 2.24) is 10.6 Å². The second kappa shape index (κ2) is 14.9. The van der Waals surface area contributed by atoms with Crippen molar-refractivity contribution in [3.8, 4) is 5.75 Å². The largest absolute Gasteiger partial charge is 0.485 e. The number of benzene rings is 3. The number of aliphatic hydroxyl groups is 2. The molecule has 2 aliphatic heterocycles. The molecule has 0 aliphatic carbocycles. The minimum absolute atomic E-state index is 0.0150. The molecule has 13 heteroatoms. The normalized spacial score (nSPS) is 21.9. The Labute approximate surface area is 291 Å². The number of amides is 1. The van der Waals surface area contributed by atoms with Crippen LogP contribution in [-0.2, 0) is 6.42 Å². The molecule has 48 heavy (non-hydrogen) atoms. The fraction of sp³-hybridized carbons (Fsp3) is 0.457. The first-order valence-electron chi connectivity index (χ1n) is 16.2. The molecule has 0 bridgehead atoms. The quantitative estimate of drug-likeness (QED) is 0.121. The highest BCUT2D eigenvalue weighted by Crippen LogP contribution is 2.51. The van der Waals surface area contributed by atoms with Gasteiger partial charge >= 0.3 is 0 Å². The van der Waals surface area contributed by atoms with Crippen LogP contribution in [0.5, 0.6) is 5.75 Å². The van der Waals surface area contributed by atoms with Gasteiger partial charge in [-0.15, -0.1) is 10.8 Å². The summed E-state index contributed by atoms with van der Waals surface area (Å²) in [6.07, 6.45) is -0.617. The molecule has 1 amide bonds. The van der Waals surface area contributed by atoms with Crippen LogP contribution in [0.15, 0.2) is 65.1 Å². The summed E-state index contributed by atoms with van der Waals surface area (Å²) in [6, 6.07) is 16.3. The van der Waals surface area contributed by atoms with Crippen molar-refractivity contribution in [3.63, 3.8) is 0 Å². The second-order valence-corrected chi connectivity index (χ2v) is 16.4. The van der Waals surface area contributed by atoms with Gasteiger partial charge < -0.3 is 30.9 Å². The van der Waals surface area contributed by atoms with E-state index in [1.807, 2.05) is 62.4 Å². The Morgan fingerprint density at radius 1 is 1.12 bits per heavy atom. The lowest BCUT2D eigenvalue weighted by Crippen LogP contribution is -2.55. The molecule has 1 fully saturated rings. The van der Waals surface area contributed by atoms with E-state index in [-0.39, 0.29) is 42.6 Å². The zero-order chi connectivity index (χ0) is 34.8. The van der Waals surface area contributed by atoms with Crippen molar-refractivity contribution < 1.29 is 33.2 Å². The van der Waals surface area contributed by atoms with Gasteiger partial charge in [0, 0.05) is 34.9 Å². The third kappa shape index (κ3) is 8.27. The number of ether oxygens (including phenoxy) is 1. The van der Waals surface area contributed by atoms with Crippen molar-refractivity contribution >= 4 is 44.0 Å². The van der Waals surface area contributed by atoms with Crippen LogP contribution in [0.1, 0.15) is 68.1 Å². The first-order chi connectivity index (χ1) is 22.7. The van der Waals surface area contributed by atoms with Crippen LogP contribution >= 0.6 is 26.7 Å². The lowest BCUT2D eigenvalue weighted by molar-refractivity contribution is -0.0663. The van der Waals surface area contributed by atoms with Gasteiger partial charge in [0.25, 0.3) is 5.91 Å². The van der Waals surface area contributed by atoms with E-state index in [9.17, 15) is 24.1 Å². The highest BCUT2D eigenvalue weighted by molar-refractivity contribution is 9.10. The van der Waals surface area contributed by atoms with Crippen LogP contribution in [0.25, 0.3) is 0 Å². The third-order valence-electron chi connectivity index (χ3n) is 8.74. The van der Waals surface area contributed by atoms with Crippen molar-refractivity contribution in [2.24, 2.45) is 0 Å². The summed E-state index contributed by atoms with van der Waals surface area (Å²) in [7, 11) is -3.27. The van der Waals surface area contributed by atoms with Crippen LogP contribution in [0.4, 0.5) is 15.8 Å². The molecule has 10 nitrogen and oxygen atoms in total. The van der Waals surface area contributed by atoms with Crippen molar-refractivity contribution in [3.05, 3.63) is 87.6 Å². The van der Waals surface area contributed by atoms with E-state index >= 15 is 4.39 Å². The summed E-state index contributed by atoms with van der Waals surface area (Å²) in [5, 5.41) is 32.2. The van der Waals surface area contributed by atoms with E-state index in [0.717, 1.165) is 15.6 Å². The van der Waals surface area contributed by atoms with Gasteiger partial charge in [0.15, 0.2) is 5.82 Å². The number of nitrogens with one attached hydrogen (secondary N) is 3. The molecular formula is C35H46BrFN4O6S. The van der Waals surface area contributed by atoms with E-state index in [1.54, 1.807) is 13.8 Å². The van der Waals surface area contributed by atoms with Crippen LogP contribution < -0.4 is 25.0 Å². The minimum Gasteiger partial charge on any atom is -0.485 e. The Balaban J connectivity index is 1.43. The summed E-state index contributed by atoms with van der Waals surface area (Å²) in [5.41, 5.74) is 0.766. The van der Waals surface area contributed by atoms with Crippen molar-refractivity contribution in [2.75, 3.05) is 28.5 Å². The number of rotatable bonds is 11. The highest BCUT2D eigenvalue weighted by atomic mass is 79.9. The number of fused-ring (bicyclic) bond motifs is 1. The third-order valence-corrected chi connectivity index (χ3v) is 11.2. The molecule has 1 saturated heterocycles. The second-order valence-electron chi connectivity index (χ2n) is 13.4. The summed E-state index contributed by atoms with van der Waals surface area (Å²) in [5.74, 6) is -0.893. The van der Waals surface area contributed by atoms with Gasteiger partial charge in [-0.2, -0.15) is 0 Å². The number of hydrogen-bond donors (Lipinski definition) is 7. The van der Waals surface area contributed by atoms with Gasteiger partial charge in [-0.25, -0.2) is 4.39 Å². The van der Waals surface area contributed by atoms with Crippen LogP contribution in [0.3, 0.4) is 0 Å². The fourth-order valence-electron chi connectivity index (χ4n) is 6.24. The Kier molecular flexibility index (Phi) is 11.3. The molecule has 0 saturated carbocycles. The van der Waals surface area contributed by atoms with Gasteiger partial charge in [0.1, 0.15) is 17.5 Å². The molecule has 2 heterocycles. The van der Waals surface area contributed by atoms with Gasteiger partial charge in [0.2, 0.25) is 0 Å². The summed E-state index contributed by atoms with van der Waals surface area (Å²) in [6.45, 7) is 7.62. The van der Waals surface area contributed by atoms with Crippen molar-refractivity contribution in [2.45, 2.75) is 82.9 Å². The summed E-state index contributed by atoms with van der Waals surface area (Å²) < 4.78 is 46.0. The predicted molar refractivity (Wildman–Crippen MR) is 192 cm³/mol. The topological polar surface area (TPSA) is 147 Å². The SMILES string of the molecule is CC(C)Nc1cc(C(=O)N[C@@H](Cc2ccccc2)[C@H](O)CN[C@H]2c3cc(Br)ccc3OC(C)(C)[C@@H]2O)c(F)c(N2CCCCS2(O)O)c1. The van der Waals surface area contributed by atoms with Gasteiger partial charge in [-0.05, 0) is 82.9 Å². The molecule has 4 atom stereocenters. The molecule has 0 unspecified atom stereocenters. The first-order valence-corrected chi connectivity index (χ1v) is 18.7. The number of anilines is 2. The lowest BCUT2D eigenvalue weighted by Gasteiger charge is -2.47. The molecule has 262 valence electrons. The van der Waals surface area contributed by atoms with Crippen LogP contribution in [0.2, 0.25) is 0 Å². The van der Waals surface area contributed by atoms with E-state index in [0.29, 0.717) is 24.3 Å². The molecule has 3 aromatic rings. The van der Waals surface area contributed by atoms with E-state index in [4.69, 9.17) is 4.74 Å². The number of carbonyl (C=O) groups is 1. The molecule has 0 spiro atoms. The monoisotopic (exact) mass is 748 g/mol. The highest BCUT2D eigenvalue weighted by Gasteiger charge is 2.43. The van der Waals surface area contributed by atoms with Crippen LogP contribution in [0, 0.1) is 5.82 Å². The molecule has 0 radical (unpaired) electrons. The maximum atomic E-state index is 16.3. The molecule has 3 aromatic carbocycles. The van der Waals surface area contributed by atoms with Gasteiger partial charge in [0.05, 0.1) is 35.2 Å². The standard InChI is InChI=1S/C35H46BrFN4O6S/c1-21(2)39-24-18-26(31(37)28(19-24)41-14-8-9-15-48(41,45)46)34(44)40-27(16-22-10-6-5-7-11-22)29(42)20-38-32-25-17-23(36)12-13-30(25)47-35(3,4)33(32)43/h5-7,10-13,17-19,21,27,29,32-33,38-39,42-43,45-46H,8-9,14-16,20H2,1-4H3,(H,40,44)/t27-,29+,32-,33+/m0/s1. The zero-order valence-electron chi connectivity index (χ0n) is 27.6. The number of carbonyl (C=O) groups excluding carboxylic acids is 1. The molecule has 7 N–H and O–H groups in total. The Hall–Kier alpha value is -2.91. The Bertz CT molecular complexity index is 1600. The van der Waals surface area contributed by atoms with E-state index in [1.165, 1.54) is 16.4 Å². The van der Waals surface area contributed by atoms with Gasteiger partial charge in [-0.3, -0.25) is 18.2 Å². The predicted octanol–water partition coefficient (Wildman–Crippen LogP) is 6.24.